The molecule has 0 heterocycles. The topological polar surface area (TPSA) is 55.1 Å². The lowest BCUT2D eigenvalue weighted by Crippen LogP contribution is -2.44. The summed E-state index contributed by atoms with van der Waals surface area (Å²) >= 11 is 16.9. The van der Waals surface area contributed by atoms with Gasteiger partial charge in [0.25, 0.3) is 0 Å². The van der Waals surface area contributed by atoms with Crippen molar-refractivity contribution in [1.82, 2.24) is 0 Å². The second-order valence-electron chi connectivity index (χ2n) is 4.85. The first-order valence-corrected chi connectivity index (χ1v) is 7.29. The van der Waals surface area contributed by atoms with Gasteiger partial charge in [-0.05, 0) is 25.0 Å². The van der Waals surface area contributed by atoms with Crippen LogP contribution in [-0.2, 0) is 4.79 Å². The van der Waals surface area contributed by atoms with Crippen LogP contribution in [0, 0.1) is 11.2 Å². The minimum absolute atomic E-state index is 0.0411. The van der Waals surface area contributed by atoms with E-state index in [2.05, 4.69) is 5.32 Å². The summed E-state index contributed by atoms with van der Waals surface area (Å²) in [7, 11) is 0. The van der Waals surface area contributed by atoms with Crippen LogP contribution in [0.3, 0.4) is 0 Å². The summed E-state index contributed by atoms with van der Waals surface area (Å²) in [4.78, 5) is 12.6. The molecule has 0 aliphatic heterocycles. The van der Waals surface area contributed by atoms with E-state index in [1.807, 2.05) is 0 Å². The first kappa shape index (κ1) is 15.5. The number of nitrogens with two attached hydrogens (primary N) is 1. The summed E-state index contributed by atoms with van der Waals surface area (Å²) in [5.41, 5.74) is 5.05. The maximum Gasteiger partial charge on any atom is 0.237 e. The van der Waals surface area contributed by atoms with Gasteiger partial charge in [0, 0.05) is 0 Å². The molecule has 0 radical (unpaired) electrons. The molecule has 1 saturated carbocycles. The van der Waals surface area contributed by atoms with Gasteiger partial charge < -0.3 is 11.1 Å². The van der Waals surface area contributed by atoms with E-state index in [-0.39, 0.29) is 26.6 Å². The molecule has 3 nitrogen and oxygen atoms in total. The lowest BCUT2D eigenvalue weighted by molar-refractivity contribution is -0.122. The minimum Gasteiger partial charge on any atom is -0.392 e. The van der Waals surface area contributed by atoms with Gasteiger partial charge in [-0.2, -0.15) is 0 Å². The molecule has 2 rings (SSSR count). The molecular weight excluding hydrogens is 322 g/mol. The van der Waals surface area contributed by atoms with Gasteiger partial charge in [-0.15, -0.1) is 0 Å². The van der Waals surface area contributed by atoms with E-state index in [0.29, 0.717) is 12.8 Å². The molecule has 1 fully saturated rings. The zero-order chi connectivity index (χ0) is 14.9. The van der Waals surface area contributed by atoms with Gasteiger partial charge in [0.2, 0.25) is 5.91 Å². The molecule has 1 aliphatic rings. The quantitative estimate of drug-likeness (QED) is 0.823. The highest BCUT2D eigenvalue weighted by molar-refractivity contribution is 7.80. The third kappa shape index (κ3) is 2.75. The number of nitrogens with one attached hydrogen (secondary N) is 1. The molecule has 0 unspecified atom stereocenters. The SMILES string of the molecule is NC(=S)C1(C(=O)Nc2c(Cl)cc(F)cc2Cl)CCCC1. The largest absolute Gasteiger partial charge is 0.392 e. The molecule has 1 aromatic carbocycles. The molecule has 7 heteroatoms. The molecule has 1 aliphatic carbocycles. The van der Waals surface area contributed by atoms with Crippen molar-refractivity contribution in [3.05, 3.63) is 28.0 Å². The van der Waals surface area contributed by atoms with Crippen molar-refractivity contribution >= 4 is 52.0 Å². The maximum atomic E-state index is 13.1. The minimum atomic E-state index is -0.865. The summed E-state index contributed by atoms with van der Waals surface area (Å²) in [5.74, 6) is -0.902. The number of hydrogen-bond donors (Lipinski definition) is 2. The normalized spacial score (nSPS) is 16.9. The number of amides is 1. The predicted octanol–water partition coefficient (Wildman–Crippen LogP) is 3.92. The van der Waals surface area contributed by atoms with E-state index >= 15 is 0 Å². The zero-order valence-electron chi connectivity index (χ0n) is 10.5. The van der Waals surface area contributed by atoms with Crippen LogP contribution < -0.4 is 11.1 Å². The second kappa shape index (κ2) is 5.84. The standard InChI is InChI=1S/C13H13Cl2FN2OS/c14-8-5-7(16)6-9(15)10(8)18-12(19)13(11(17)20)3-1-2-4-13/h5-6H,1-4H2,(H2,17,20)(H,18,19). The van der Waals surface area contributed by atoms with Crippen LogP contribution in [0.15, 0.2) is 12.1 Å². The average Bonchev–Trinajstić information content (AvgIpc) is 2.83. The number of halogens is 3. The molecule has 0 aromatic heterocycles. The summed E-state index contributed by atoms with van der Waals surface area (Å²) in [5, 5.41) is 2.72. The summed E-state index contributed by atoms with van der Waals surface area (Å²) in [6, 6.07) is 2.18. The summed E-state index contributed by atoms with van der Waals surface area (Å²) in [6.45, 7) is 0. The zero-order valence-corrected chi connectivity index (χ0v) is 12.8. The van der Waals surface area contributed by atoms with Gasteiger partial charge in [0.1, 0.15) is 5.82 Å². The molecule has 0 atom stereocenters. The first-order chi connectivity index (χ1) is 9.36. The number of carbonyl (C=O) groups excluding carboxylic acids is 1. The Labute approximate surface area is 131 Å². The van der Waals surface area contributed by atoms with E-state index in [4.69, 9.17) is 41.2 Å². The van der Waals surface area contributed by atoms with Crippen LogP contribution in [-0.4, -0.2) is 10.9 Å². The predicted molar refractivity (Wildman–Crippen MR) is 82.7 cm³/mol. The fourth-order valence-electron chi connectivity index (χ4n) is 2.46. The molecular formula is C13H13Cl2FN2OS. The maximum absolute atomic E-state index is 13.1. The highest BCUT2D eigenvalue weighted by Gasteiger charge is 2.44. The molecule has 108 valence electrons. The summed E-state index contributed by atoms with van der Waals surface area (Å²) < 4.78 is 13.1. The number of hydrogen-bond acceptors (Lipinski definition) is 2. The van der Waals surface area contributed by atoms with Gasteiger partial charge in [-0.1, -0.05) is 48.3 Å². The van der Waals surface area contributed by atoms with Crippen LogP contribution >= 0.6 is 35.4 Å². The monoisotopic (exact) mass is 334 g/mol. The van der Waals surface area contributed by atoms with Crippen LogP contribution in [0.5, 0.6) is 0 Å². The smallest absolute Gasteiger partial charge is 0.237 e. The third-order valence-corrected chi connectivity index (χ3v) is 4.60. The van der Waals surface area contributed by atoms with Crippen molar-refractivity contribution in [2.24, 2.45) is 11.1 Å². The van der Waals surface area contributed by atoms with Crippen molar-refractivity contribution in [3.8, 4) is 0 Å². The Morgan fingerprint density at radius 3 is 2.25 bits per heavy atom. The number of rotatable bonds is 3. The van der Waals surface area contributed by atoms with E-state index in [0.717, 1.165) is 25.0 Å². The average molecular weight is 335 g/mol. The van der Waals surface area contributed by atoms with E-state index < -0.39 is 11.2 Å². The fourth-order valence-corrected chi connectivity index (χ4v) is 3.31. The van der Waals surface area contributed by atoms with Crippen molar-refractivity contribution in [2.75, 3.05) is 5.32 Å². The van der Waals surface area contributed by atoms with Crippen LogP contribution in [0.2, 0.25) is 10.0 Å². The van der Waals surface area contributed by atoms with Gasteiger partial charge in [0.15, 0.2) is 0 Å². The second-order valence-corrected chi connectivity index (χ2v) is 6.11. The molecule has 3 N–H and O–H groups in total. The fraction of sp³-hybridized carbons (Fsp3) is 0.385. The van der Waals surface area contributed by atoms with E-state index in [1.165, 1.54) is 0 Å². The Morgan fingerprint density at radius 1 is 1.30 bits per heavy atom. The molecule has 0 spiro atoms. The molecule has 0 bridgehead atoms. The first-order valence-electron chi connectivity index (χ1n) is 6.13. The lowest BCUT2D eigenvalue weighted by Gasteiger charge is -2.26. The van der Waals surface area contributed by atoms with Crippen LogP contribution in [0.1, 0.15) is 25.7 Å². The van der Waals surface area contributed by atoms with E-state index in [1.54, 1.807) is 0 Å². The number of thiocarbonyl (C=S) groups is 1. The van der Waals surface area contributed by atoms with Crippen LogP contribution in [0.25, 0.3) is 0 Å². The van der Waals surface area contributed by atoms with Gasteiger partial charge in [0.05, 0.1) is 26.1 Å². The van der Waals surface area contributed by atoms with Gasteiger partial charge in [-0.25, -0.2) is 4.39 Å². The van der Waals surface area contributed by atoms with Crippen molar-refractivity contribution < 1.29 is 9.18 Å². The lowest BCUT2D eigenvalue weighted by atomic mass is 9.85. The number of anilines is 1. The third-order valence-electron chi connectivity index (χ3n) is 3.61. The Morgan fingerprint density at radius 2 is 1.80 bits per heavy atom. The Hall–Kier alpha value is -0.910. The highest BCUT2D eigenvalue weighted by Crippen LogP contribution is 2.41. The molecule has 1 aromatic rings. The number of carbonyl (C=O) groups is 1. The molecule has 0 saturated heterocycles. The molecule has 20 heavy (non-hydrogen) atoms. The number of benzene rings is 1. The van der Waals surface area contributed by atoms with Crippen molar-refractivity contribution in [2.45, 2.75) is 25.7 Å². The Kier molecular flexibility index (Phi) is 4.52. The Bertz CT molecular complexity index is 550. The highest BCUT2D eigenvalue weighted by atomic mass is 35.5. The van der Waals surface area contributed by atoms with Gasteiger partial charge >= 0.3 is 0 Å². The van der Waals surface area contributed by atoms with E-state index in [9.17, 15) is 9.18 Å². The summed E-state index contributed by atoms with van der Waals surface area (Å²) in [6.07, 6.45) is 2.97. The Balaban J connectivity index is 2.30. The van der Waals surface area contributed by atoms with Gasteiger partial charge in [-0.3, -0.25) is 4.79 Å². The molecule has 1 amide bonds. The van der Waals surface area contributed by atoms with Crippen LogP contribution in [0.4, 0.5) is 10.1 Å². The van der Waals surface area contributed by atoms with Crippen molar-refractivity contribution in [1.29, 1.82) is 0 Å². The van der Waals surface area contributed by atoms with Crippen molar-refractivity contribution in [3.63, 3.8) is 0 Å².